The second kappa shape index (κ2) is 7.17. The van der Waals surface area contributed by atoms with Crippen molar-refractivity contribution in [1.29, 1.82) is 0 Å². The third-order valence-electron chi connectivity index (χ3n) is 2.96. The highest BCUT2D eigenvalue weighted by Gasteiger charge is 2.26. The average molecular weight is 288 g/mol. The van der Waals surface area contributed by atoms with Crippen LogP contribution in [0, 0.1) is 0 Å². The lowest BCUT2D eigenvalue weighted by Crippen LogP contribution is -2.26. The van der Waals surface area contributed by atoms with Crippen molar-refractivity contribution in [3.05, 3.63) is 29.8 Å². The zero-order chi connectivity index (χ0) is 15.2. The Morgan fingerprint density at radius 3 is 2.45 bits per heavy atom. The van der Waals surface area contributed by atoms with Crippen LogP contribution in [0.2, 0.25) is 0 Å². The first-order valence-corrected chi connectivity index (χ1v) is 6.47. The summed E-state index contributed by atoms with van der Waals surface area (Å²) in [6.45, 7) is 1.94. The molecule has 0 bridgehead atoms. The number of carbonyl (C=O) groups is 1. The number of benzene rings is 1. The van der Waals surface area contributed by atoms with Gasteiger partial charge in [-0.1, -0.05) is 19.1 Å². The fourth-order valence-corrected chi connectivity index (χ4v) is 1.81. The molecule has 1 atom stereocenters. The van der Waals surface area contributed by atoms with Crippen LogP contribution < -0.4 is 11.1 Å². The van der Waals surface area contributed by atoms with Gasteiger partial charge in [-0.3, -0.25) is 4.79 Å². The number of hydrogen-bond donors (Lipinski definition) is 2. The first-order valence-electron chi connectivity index (χ1n) is 6.47. The molecule has 1 amide bonds. The van der Waals surface area contributed by atoms with Crippen molar-refractivity contribution < 1.29 is 18.0 Å². The molecule has 0 aromatic heterocycles. The van der Waals surface area contributed by atoms with Gasteiger partial charge in [-0.25, -0.2) is 0 Å². The Bertz CT molecular complexity index is 429. The monoisotopic (exact) mass is 288 g/mol. The molecule has 1 unspecified atom stereocenters. The van der Waals surface area contributed by atoms with Gasteiger partial charge in [-0.15, -0.1) is 0 Å². The Labute approximate surface area is 116 Å². The van der Waals surface area contributed by atoms with Crippen LogP contribution in [0.15, 0.2) is 24.3 Å². The summed E-state index contributed by atoms with van der Waals surface area (Å²) in [4.78, 5) is 11.6. The summed E-state index contributed by atoms with van der Waals surface area (Å²) < 4.78 is 35.8. The number of carbonyl (C=O) groups excluding carboxylic acids is 1. The molecule has 0 aliphatic heterocycles. The molecular weight excluding hydrogens is 269 g/mol. The number of alkyl halides is 3. The Morgan fingerprint density at radius 1 is 1.30 bits per heavy atom. The summed E-state index contributed by atoms with van der Waals surface area (Å²) in [6, 6.07) is 7.20. The highest BCUT2D eigenvalue weighted by Crippen LogP contribution is 2.21. The SMILES string of the molecule is CC(CC(=O)NCCCC(F)(F)F)c1ccc(N)cc1. The maximum absolute atomic E-state index is 11.9. The fourth-order valence-electron chi connectivity index (χ4n) is 1.81. The molecule has 0 radical (unpaired) electrons. The van der Waals surface area contributed by atoms with Gasteiger partial charge in [0.05, 0.1) is 0 Å². The number of nitrogens with one attached hydrogen (secondary N) is 1. The van der Waals surface area contributed by atoms with E-state index in [0.717, 1.165) is 5.56 Å². The van der Waals surface area contributed by atoms with E-state index < -0.39 is 12.6 Å². The van der Waals surface area contributed by atoms with Gasteiger partial charge >= 0.3 is 6.18 Å². The second-order valence-corrected chi connectivity index (χ2v) is 4.84. The van der Waals surface area contributed by atoms with E-state index in [4.69, 9.17) is 5.73 Å². The lowest BCUT2D eigenvalue weighted by molar-refractivity contribution is -0.136. The zero-order valence-corrected chi connectivity index (χ0v) is 11.3. The minimum atomic E-state index is -4.16. The van der Waals surface area contributed by atoms with E-state index in [-0.39, 0.29) is 31.2 Å². The molecule has 0 spiro atoms. The van der Waals surface area contributed by atoms with Crippen LogP contribution in [0.1, 0.15) is 37.7 Å². The Kier molecular flexibility index (Phi) is 5.85. The third kappa shape index (κ3) is 6.45. The van der Waals surface area contributed by atoms with Gasteiger partial charge < -0.3 is 11.1 Å². The number of nitrogen functional groups attached to an aromatic ring is 1. The minimum absolute atomic E-state index is 0.00165. The van der Waals surface area contributed by atoms with Crippen molar-refractivity contribution in [3.63, 3.8) is 0 Å². The quantitative estimate of drug-likeness (QED) is 0.624. The highest BCUT2D eigenvalue weighted by atomic mass is 19.4. The molecule has 20 heavy (non-hydrogen) atoms. The van der Waals surface area contributed by atoms with Crippen molar-refractivity contribution in [1.82, 2.24) is 5.32 Å². The number of rotatable bonds is 6. The Morgan fingerprint density at radius 2 is 1.90 bits per heavy atom. The molecule has 3 N–H and O–H groups in total. The summed E-state index contributed by atoms with van der Waals surface area (Å²) in [5.41, 5.74) is 7.20. The number of halogens is 3. The van der Waals surface area contributed by atoms with Gasteiger partial charge in [0, 0.05) is 25.1 Å². The van der Waals surface area contributed by atoms with Crippen molar-refractivity contribution in [2.75, 3.05) is 12.3 Å². The summed E-state index contributed by atoms with van der Waals surface area (Å²) in [7, 11) is 0. The number of amides is 1. The summed E-state index contributed by atoms with van der Waals surface area (Å²) in [5.74, 6) is -0.241. The van der Waals surface area contributed by atoms with Gasteiger partial charge in [0.2, 0.25) is 5.91 Å². The van der Waals surface area contributed by atoms with E-state index in [1.807, 2.05) is 19.1 Å². The molecule has 3 nitrogen and oxygen atoms in total. The number of nitrogens with two attached hydrogens (primary N) is 1. The smallest absolute Gasteiger partial charge is 0.389 e. The van der Waals surface area contributed by atoms with Crippen LogP contribution >= 0.6 is 0 Å². The predicted octanol–water partition coefficient (Wildman–Crippen LogP) is 3.22. The number of anilines is 1. The molecule has 1 rings (SSSR count). The normalized spacial score (nSPS) is 13.0. The van der Waals surface area contributed by atoms with Crippen molar-refractivity contribution in [2.24, 2.45) is 0 Å². The molecule has 0 heterocycles. The van der Waals surface area contributed by atoms with Crippen molar-refractivity contribution in [3.8, 4) is 0 Å². The van der Waals surface area contributed by atoms with Crippen LogP contribution in [0.4, 0.5) is 18.9 Å². The van der Waals surface area contributed by atoms with Crippen LogP contribution in [0.5, 0.6) is 0 Å². The van der Waals surface area contributed by atoms with E-state index in [1.165, 1.54) is 0 Å². The van der Waals surface area contributed by atoms with Gasteiger partial charge in [0.25, 0.3) is 0 Å². The largest absolute Gasteiger partial charge is 0.399 e. The summed E-state index contributed by atoms with van der Waals surface area (Å²) in [5, 5.41) is 2.50. The summed E-state index contributed by atoms with van der Waals surface area (Å²) >= 11 is 0. The molecule has 0 saturated heterocycles. The fraction of sp³-hybridized carbons (Fsp3) is 0.500. The molecule has 6 heteroatoms. The van der Waals surface area contributed by atoms with E-state index >= 15 is 0 Å². The average Bonchev–Trinajstić information content (AvgIpc) is 2.34. The molecule has 0 saturated carbocycles. The van der Waals surface area contributed by atoms with Crippen LogP contribution in [-0.4, -0.2) is 18.6 Å². The summed E-state index contributed by atoms with van der Waals surface area (Å²) in [6.07, 6.45) is -4.88. The molecule has 0 aliphatic carbocycles. The van der Waals surface area contributed by atoms with Gasteiger partial charge in [0.1, 0.15) is 0 Å². The minimum Gasteiger partial charge on any atom is -0.399 e. The molecule has 0 aliphatic rings. The van der Waals surface area contributed by atoms with Crippen LogP contribution in [0.25, 0.3) is 0 Å². The van der Waals surface area contributed by atoms with Gasteiger partial charge in [-0.05, 0) is 30.0 Å². The van der Waals surface area contributed by atoms with Crippen molar-refractivity contribution >= 4 is 11.6 Å². The Balaban J connectivity index is 2.30. The lowest BCUT2D eigenvalue weighted by atomic mass is 9.97. The van der Waals surface area contributed by atoms with Gasteiger partial charge in [0.15, 0.2) is 0 Å². The van der Waals surface area contributed by atoms with Gasteiger partial charge in [-0.2, -0.15) is 13.2 Å². The maximum atomic E-state index is 11.9. The molecular formula is C14H19F3N2O. The van der Waals surface area contributed by atoms with Crippen LogP contribution in [0.3, 0.4) is 0 Å². The van der Waals surface area contributed by atoms with E-state index in [0.29, 0.717) is 5.69 Å². The Hall–Kier alpha value is -1.72. The molecule has 1 aromatic carbocycles. The van der Waals surface area contributed by atoms with E-state index in [2.05, 4.69) is 5.32 Å². The zero-order valence-electron chi connectivity index (χ0n) is 11.3. The van der Waals surface area contributed by atoms with E-state index in [1.54, 1.807) is 12.1 Å². The predicted molar refractivity (Wildman–Crippen MR) is 72.2 cm³/mol. The van der Waals surface area contributed by atoms with Crippen molar-refractivity contribution in [2.45, 2.75) is 38.3 Å². The molecule has 112 valence electrons. The highest BCUT2D eigenvalue weighted by molar-refractivity contribution is 5.76. The first kappa shape index (κ1) is 16.3. The second-order valence-electron chi connectivity index (χ2n) is 4.84. The standard InChI is InChI=1S/C14H19F3N2O/c1-10(11-3-5-12(18)6-4-11)9-13(20)19-8-2-7-14(15,16)17/h3-6,10H,2,7-9,18H2,1H3,(H,19,20). The van der Waals surface area contributed by atoms with E-state index in [9.17, 15) is 18.0 Å². The molecule has 0 fully saturated rings. The topological polar surface area (TPSA) is 55.1 Å². The van der Waals surface area contributed by atoms with Crippen LogP contribution in [-0.2, 0) is 4.79 Å². The number of hydrogen-bond acceptors (Lipinski definition) is 2. The molecule has 1 aromatic rings. The first-order chi connectivity index (χ1) is 9.28. The lowest BCUT2D eigenvalue weighted by Gasteiger charge is -2.12. The maximum Gasteiger partial charge on any atom is 0.389 e. The third-order valence-corrected chi connectivity index (χ3v) is 2.96.